The van der Waals surface area contributed by atoms with Gasteiger partial charge in [-0.25, -0.2) is 4.79 Å². The zero-order valence-electron chi connectivity index (χ0n) is 9.91. The van der Waals surface area contributed by atoms with Gasteiger partial charge in [-0.05, 0) is 45.0 Å². The molecule has 1 aromatic heterocycles. The lowest BCUT2D eigenvalue weighted by Gasteiger charge is -2.18. The van der Waals surface area contributed by atoms with Gasteiger partial charge in [-0.3, -0.25) is 0 Å². The van der Waals surface area contributed by atoms with Crippen LogP contribution in [-0.2, 0) is 4.74 Å². The van der Waals surface area contributed by atoms with Crippen molar-refractivity contribution in [2.24, 2.45) is 0 Å². The number of benzene rings is 1. The van der Waals surface area contributed by atoms with Crippen molar-refractivity contribution in [3.05, 3.63) is 34.5 Å². The molecule has 1 heterocycles. The van der Waals surface area contributed by atoms with Crippen LogP contribution in [0, 0.1) is 0 Å². The lowest BCUT2D eigenvalue weighted by Crippen LogP contribution is -2.23. The van der Waals surface area contributed by atoms with Crippen molar-refractivity contribution in [1.82, 2.24) is 0 Å². The predicted octanol–water partition coefficient (Wildman–Crippen LogP) is 4.15. The fourth-order valence-corrected chi connectivity index (χ4v) is 1.82. The summed E-state index contributed by atoms with van der Waals surface area (Å²) in [5.74, 6) is -0.210. The van der Waals surface area contributed by atoms with Gasteiger partial charge in [0.15, 0.2) is 0 Å². The molecule has 0 saturated carbocycles. The van der Waals surface area contributed by atoms with E-state index in [1.807, 2.05) is 39.0 Å². The Hall–Kier alpha value is -1.29. The van der Waals surface area contributed by atoms with E-state index in [0.717, 1.165) is 9.86 Å². The van der Waals surface area contributed by atoms with Crippen LogP contribution in [0.5, 0.6) is 0 Å². The maximum absolute atomic E-state index is 11.8. The average molecular weight is 297 g/mol. The van der Waals surface area contributed by atoms with Crippen LogP contribution in [0.1, 0.15) is 31.3 Å². The van der Waals surface area contributed by atoms with Crippen LogP contribution in [-0.4, -0.2) is 11.6 Å². The maximum atomic E-state index is 11.8. The number of hydrogen-bond donors (Lipinski definition) is 0. The number of esters is 1. The van der Waals surface area contributed by atoms with Gasteiger partial charge >= 0.3 is 5.97 Å². The number of fused-ring (bicyclic) bond motifs is 1. The summed E-state index contributed by atoms with van der Waals surface area (Å²) >= 11 is 3.37. The van der Waals surface area contributed by atoms with Crippen LogP contribution in [0.4, 0.5) is 0 Å². The second-order valence-electron chi connectivity index (χ2n) is 4.79. The zero-order chi connectivity index (χ0) is 12.6. The van der Waals surface area contributed by atoms with Gasteiger partial charge in [0.1, 0.15) is 11.2 Å². The van der Waals surface area contributed by atoms with Gasteiger partial charge in [-0.2, -0.15) is 0 Å². The fraction of sp³-hybridized carbons (Fsp3) is 0.308. The fourth-order valence-electron chi connectivity index (χ4n) is 1.44. The Morgan fingerprint density at radius 1 is 1.29 bits per heavy atom. The molecule has 4 heteroatoms. The Balaban J connectivity index is 2.33. The lowest BCUT2D eigenvalue weighted by atomic mass is 10.2. The predicted molar refractivity (Wildman–Crippen MR) is 69.1 cm³/mol. The molecule has 0 radical (unpaired) electrons. The SMILES string of the molecule is CC(C)(C)OC(=O)c1cc2cc(Br)ccc2o1. The smallest absolute Gasteiger partial charge is 0.374 e. The van der Waals surface area contributed by atoms with Crippen molar-refractivity contribution in [3.63, 3.8) is 0 Å². The van der Waals surface area contributed by atoms with Crippen LogP contribution >= 0.6 is 15.9 Å². The molecule has 2 aromatic rings. The summed E-state index contributed by atoms with van der Waals surface area (Å²) in [6.45, 7) is 5.47. The highest BCUT2D eigenvalue weighted by molar-refractivity contribution is 9.10. The number of rotatable bonds is 1. The third kappa shape index (κ3) is 2.88. The summed E-state index contributed by atoms with van der Waals surface area (Å²) in [6, 6.07) is 7.26. The van der Waals surface area contributed by atoms with Crippen LogP contribution in [0.15, 0.2) is 33.2 Å². The van der Waals surface area contributed by atoms with E-state index in [2.05, 4.69) is 15.9 Å². The first kappa shape index (κ1) is 12.2. The Bertz CT molecular complexity index is 564. The molecule has 3 nitrogen and oxygen atoms in total. The van der Waals surface area contributed by atoms with Gasteiger partial charge in [-0.1, -0.05) is 15.9 Å². The van der Waals surface area contributed by atoms with E-state index in [1.165, 1.54) is 0 Å². The maximum Gasteiger partial charge on any atom is 0.374 e. The molecule has 0 amide bonds. The minimum Gasteiger partial charge on any atom is -0.454 e. The highest BCUT2D eigenvalue weighted by Crippen LogP contribution is 2.24. The minimum atomic E-state index is -0.517. The molecule has 0 aliphatic heterocycles. The first-order chi connectivity index (χ1) is 7.85. The standard InChI is InChI=1S/C13H13BrO3/c1-13(2,3)17-12(15)11-7-8-6-9(14)4-5-10(8)16-11/h4-7H,1-3H3. The molecule has 0 N–H and O–H groups in total. The number of hydrogen-bond acceptors (Lipinski definition) is 3. The highest BCUT2D eigenvalue weighted by atomic mass is 79.9. The molecular weight excluding hydrogens is 284 g/mol. The molecule has 0 spiro atoms. The van der Waals surface area contributed by atoms with Gasteiger partial charge in [0.2, 0.25) is 5.76 Å². The topological polar surface area (TPSA) is 39.4 Å². The van der Waals surface area contributed by atoms with E-state index in [1.54, 1.807) is 6.07 Å². The van der Waals surface area contributed by atoms with E-state index in [9.17, 15) is 4.79 Å². The molecule has 2 rings (SSSR count). The van der Waals surface area contributed by atoms with Gasteiger partial charge < -0.3 is 9.15 Å². The molecule has 90 valence electrons. The molecule has 0 saturated heterocycles. The molecule has 1 aromatic carbocycles. The van der Waals surface area contributed by atoms with Crippen molar-refractivity contribution in [3.8, 4) is 0 Å². The Morgan fingerprint density at radius 3 is 2.65 bits per heavy atom. The molecule has 0 atom stereocenters. The quantitative estimate of drug-likeness (QED) is 0.742. The third-order valence-corrected chi connectivity index (χ3v) is 2.57. The molecule has 17 heavy (non-hydrogen) atoms. The second-order valence-corrected chi connectivity index (χ2v) is 5.71. The minimum absolute atomic E-state index is 0.230. The number of carbonyl (C=O) groups excluding carboxylic acids is 1. The Labute approximate surface area is 108 Å². The summed E-state index contributed by atoms with van der Waals surface area (Å²) in [5.41, 5.74) is 0.158. The second kappa shape index (κ2) is 4.18. The zero-order valence-corrected chi connectivity index (χ0v) is 11.5. The molecule has 0 fully saturated rings. The molecule has 0 bridgehead atoms. The van der Waals surface area contributed by atoms with Crippen molar-refractivity contribution < 1.29 is 13.9 Å². The van der Waals surface area contributed by atoms with Crippen LogP contribution in [0.2, 0.25) is 0 Å². The van der Waals surface area contributed by atoms with Gasteiger partial charge in [0.05, 0.1) is 0 Å². The average Bonchev–Trinajstić information content (AvgIpc) is 2.57. The summed E-state index contributed by atoms with van der Waals surface area (Å²) in [4.78, 5) is 11.8. The van der Waals surface area contributed by atoms with Crippen molar-refractivity contribution >= 4 is 32.9 Å². The van der Waals surface area contributed by atoms with E-state index in [-0.39, 0.29) is 5.76 Å². The summed E-state index contributed by atoms with van der Waals surface area (Å²) < 4.78 is 11.6. The van der Waals surface area contributed by atoms with E-state index < -0.39 is 11.6 Å². The van der Waals surface area contributed by atoms with Crippen molar-refractivity contribution in [1.29, 1.82) is 0 Å². The van der Waals surface area contributed by atoms with Crippen molar-refractivity contribution in [2.75, 3.05) is 0 Å². The normalized spacial score (nSPS) is 11.8. The van der Waals surface area contributed by atoms with Crippen LogP contribution in [0.25, 0.3) is 11.0 Å². The number of furan rings is 1. The van der Waals surface area contributed by atoms with E-state index in [0.29, 0.717) is 5.58 Å². The summed E-state index contributed by atoms with van der Waals surface area (Å²) in [6.07, 6.45) is 0. The first-order valence-electron chi connectivity index (χ1n) is 5.27. The van der Waals surface area contributed by atoms with Crippen LogP contribution in [0.3, 0.4) is 0 Å². The Kier molecular flexibility index (Phi) is 3.00. The molecule has 0 unspecified atom stereocenters. The Morgan fingerprint density at radius 2 is 2.00 bits per heavy atom. The largest absolute Gasteiger partial charge is 0.454 e. The lowest BCUT2D eigenvalue weighted by molar-refractivity contribution is 0.00382. The third-order valence-electron chi connectivity index (χ3n) is 2.08. The number of ether oxygens (including phenoxy) is 1. The van der Waals surface area contributed by atoms with Gasteiger partial charge in [0.25, 0.3) is 0 Å². The summed E-state index contributed by atoms with van der Waals surface area (Å²) in [7, 11) is 0. The first-order valence-corrected chi connectivity index (χ1v) is 6.07. The van der Waals surface area contributed by atoms with Gasteiger partial charge in [-0.15, -0.1) is 0 Å². The van der Waals surface area contributed by atoms with Gasteiger partial charge in [0, 0.05) is 9.86 Å². The molecular formula is C13H13BrO3. The van der Waals surface area contributed by atoms with E-state index >= 15 is 0 Å². The van der Waals surface area contributed by atoms with E-state index in [4.69, 9.17) is 9.15 Å². The summed E-state index contributed by atoms with van der Waals surface area (Å²) in [5, 5.41) is 0.875. The van der Waals surface area contributed by atoms with Crippen LogP contribution < -0.4 is 0 Å². The monoisotopic (exact) mass is 296 g/mol. The highest BCUT2D eigenvalue weighted by Gasteiger charge is 2.21. The van der Waals surface area contributed by atoms with Crippen molar-refractivity contribution in [2.45, 2.75) is 26.4 Å². The molecule has 0 aliphatic carbocycles. The molecule has 0 aliphatic rings. The number of halogens is 1. The number of carbonyl (C=O) groups is 1.